The van der Waals surface area contributed by atoms with E-state index in [9.17, 15) is 4.79 Å². The van der Waals surface area contributed by atoms with Gasteiger partial charge in [-0.05, 0) is 41.9 Å². The van der Waals surface area contributed by atoms with E-state index in [-0.39, 0.29) is 11.4 Å². The van der Waals surface area contributed by atoms with Crippen LogP contribution in [0.5, 0.6) is 0 Å². The van der Waals surface area contributed by atoms with Crippen LogP contribution < -0.4 is 0 Å². The van der Waals surface area contributed by atoms with Gasteiger partial charge < -0.3 is 4.74 Å². The molecule has 0 radical (unpaired) electrons. The van der Waals surface area contributed by atoms with Crippen LogP contribution in [0.2, 0.25) is 0 Å². The van der Waals surface area contributed by atoms with Gasteiger partial charge in [-0.15, -0.1) is 0 Å². The zero-order chi connectivity index (χ0) is 15.2. The van der Waals surface area contributed by atoms with Gasteiger partial charge in [0.15, 0.2) is 0 Å². The first-order valence-corrected chi connectivity index (χ1v) is 7.30. The fraction of sp³-hybridized carbons (Fsp3) is 0.500. The minimum absolute atomic E-state index is 0.178. The van der Waals surface area contributed by atoms with Gasteiger partial charge in [0.05, 0.1) is 6.61 Å². The molecule has 0 aliphatic rings. The first-order chi connectivity index (χ1) is 9.35. The highest BCUT2D eigenvalue weighted by molar-refractivity contribution is 5.87. The molecule has 0 aliphatic carbocycles. The summed E-state index contributed by atoms with van der Waals surface area (Å²) in [6.07, 6.45) is 4.42. The maximum atomic E-state index is 11.3. The van der Waals surface area contributed by atoms with E-state index in [4.69, 9.17) is 4.74 Å². The Bertz CT molecular complexity index is 453. The summed E-state index contributed by atoms with van der Waals surface area (Å²) >= 11 is 0. The van der Waals surface area contributed by atoms with E-state index in [0.29, 0.717) is 12.5 Å². The monoisotopic (exact) mass is 274 g/mol. The molecule has 0 spiro atoms. The van der Waals surface area contributed by atoms with Crippen molar-refractivity contribution in [2.45, 2.75) is 46.5 Å². The summed E-state index contributed by atoms with van der Waals surface area (Å²) in [5, 5.41) is 0. The number of carbonyl (C=O) groups is 1. The van der Waals surface area contributed by atoms with Gasteiger partial charge in [-0.3, -0.25) is 0 Å². The first-order valence-electron chi connectivity index (χ1n) is 7.30. The zero-order valence-electron chi connectivity index (χ0n) is 13.3. The smallest absolute Gasteiger partial charge is 0.330 e. The Hall–Kier alpha value is -1.57. The third kappa shape index (κ3) is 5.20. The molecular formula is C18H26O2. The third-order valence-corrected chi connectivity index (χ3v) is 3.31. The van der Waals surface area contributed by atoms with E-state index in [2.05, 4.69) is 39.8 Å². The fourth-order valence-electron chi connectivity index (χ4n) is 2.54. The van der Waals surface area contributed by atoms with Crippen LogP contribution in [0.4, 0.5) is 0 Å². The molecule has 2 nitrogen and oxygen atoms in total. The largest absolute Gasteiger partial charge is 0.463 e. The summed E-state index contributed by atoms with van der Waals surface area (Å²) in [6, 6.07) is 8.39. The number of hydrogen-bond donors (Lipinski definition) is 0. The fourth-order valence-corrected chi connectivity index (χ4v) is 2.54. The number of rotatable bonds is 6. The van der Waals surface area contributed by atoms with Gasteiger partial charge in [-0.25, -0.2) is 4.79 Å². The van der Waals surface area contributed by atoms with Crippen molar-refractivity contribution in [1.29, 1.82) is 0 Å². The molecule has 0 heterocycles. The summed E-state index contributed by atoms with van der Waals surface area (Å²) in [7, 11) is 0. The predicted octanol–water partition coefficient (Wildman–Crippen LogP) is 4.59. The van der Waals surface area contributed by atoms with Crippen LogP contribution in [0.15, 0.2) is 30.3 Å². The summed E-state index contributed by atoms with van der Waals surface area (Å²) < 4.78 is 4.86. The molecule has 20 heavy (non-hydrogen) atoms. The summed E-state index contributed by atoms with van der Waals surface area (Å²) in [5.74, 6) is 0.380. The Morgan fingerprint density at radius 2 is 1.85 bits per heavy atom. The average molecular weight is 274 g/mol. The Labute approximate surface area is 122 Å². The quantitative estimate of drug-likeness (QED) is 0.560. The molecule has 0 aromatic heterocycles. The lowest BCUT2D eigenvalue weighted by atomic mass is 9.78. The standard InChI is InChI=1S/C18H26O2/c1-6-20-17(19)12-9-15-7-10-16(11-8-15)18(4,5)13-14(2)3/h7-12,14H,6,13H2,1-5H3/b12-9+. The first kappa shape index (κ1) is 16.5. The summed E-state index contributed by atoms with van der Waals surface area (Å²) in [4.78, 5) is 11.3. The average Bonchev–Trinajstić information content (AvgIpc) is 2.36. The molecule has 2 heteroatoms. The minimum atomic E-state index is -0.295. The van der Waals surface area contributed by atoms with Gasteiger partial charge in [0.2, 0.25) is 0 Å². The Morgan fingerprint density at radius 1 is 1.25 bits per heavy atom. The van der Waals surface area contributed by atoms with Crippen molar-refractivity contribution in [2.75, 3.05) is 6.61 Å². The molecule has 0 amide bonds. The second-order valence-corrected chi connectivity index (χ2v) is 6.19. The SMILES string of the molecule is CCOC(=O)/C=C/c1ccc(C(C)(C)CC(C)C)cc1. The number of carbonyl (C=O) groups excluding carboxylic acids is 1. The Morgan fingerprint density at radius 3 is 2.35 bits per heavy atom. The van der Waals surface area contributed by atoms with Gasteiger partial charge in [0.25, 0.3) is 0 Å². The molecule has 0 atom stereocenters. The molecule has 0 saturated carbocycles. The molecule has 1 aromatic carbocycles. The number of benzene rings is 1. The van der Waals surface area contributed by atoms with Crippen LogP contribution >= 0.6 is 0 Å². The summed E-state index contributed by atoms with van der Waals surface area (Å²) in [5.41, 5.74) is 2.53. The van der Waals surface area contributed by atoms with Crippen molar-refractivity contribution in [3.63, 3.8) is 0 Å². The third-order valence-electron chi connectivity index (χ3n) is 3.31. The molecule has 0 bridgehead atoms. The van der Waals surface area contributed by atoms with Crippen LogP contribution in [0, 0.1) is 5.92 Å². The van der Waals surface area contributed by atoms with E-state index in [1.807, 2.05) is 12.1 Å². The maximum Gasteiger partial charge on any atom is 0.330 e. The van der Waals surface area contributed by atoms with Crippen molar-refractivity contribution in [3.8, 4) is 0 Å². The number of ether oxygens (including phenoxy) is 1. The van der Waals surface area contributed by atoms with Crippen LogP contribution in [-0.4, -0.2) is 12.6 Å². The molecule has 0 aliphatic heterocycles. The second kappa shape index (κ2) is 7.28. The van der Waals surface area contributed by atoms with Crippen LogP contribution in [-0.2, 0) is 14.9 Å². The van der Waals surface area contributed by atoms with Crippen molar-refractivity contribution < 1.29 is 9.53 Å². The molecule has 1 aromatic rings. The highest BCUT2D eigenvalue weighted by Gasteiger charge is 2.21. The molecule has 1 rings (SSSR count). The highest BCUT2D eigenvalue weighted by Crippen LogP contribution is 2.30. The summed E-state index contributed by atoms with van der Waals surface area (Å²) in [6.45, 7) is 11.3. The van der Waals surface area contributed by atoms with E-state index in [1.54, 1.807) is 13.0 Å². The van der Waals surface area contributed by atoms with E-state index >= 15 is 0 Å². The van der Waals surface area contributed by atoms with Gasteiger partial charge >= 0.3 is 5.97 Å². The Balaban J connectivity index is 2.76. The van der Waals surface area contributed by atoms with E-state index in [1.165, 1.54) is 11.6 Å². The van der Waals surface area contributed by atoms with Gasteiger partial charge in [0, 0.05) is 6.08 Å². The minimum Gasteiger partial charge on any atom is -0.463 e. The lowest BCUT2D eigenvalue weighted by Crippen LogP contribution is -2.19. The normalized spacial score (nSPS) is 12.1. The van der Waals surface area contributed by atoms with Crippen LogP contribution in [0.3, 0.4) is 0 Å². The molecular weight excluding hydrogens is 248 g/mol. The second-order valence-electron chi connectivity index (χ2n) is 6.19. The van der Waals surface area contributed by atoms with E-state index < -0.39 is 0 Å². The highest BCUT2D eigenvalue weighted by atomic mass is 16.5. The predicted molar refractivity (Wildman–Crippen MR) is 84.6 cm³/mol. The zero-order valence-corrected chi connectivity index (χ0v) is 13.3. The van der Waals surface area contributed by atoms with Crippen LogP contribution in [0.25, 0.3) is 6.08 Å². The lowest BCUT2D eigenvalue weighted by molar-refractivity contribution is -0.137. The van der Waals surface area contributed by atoms with Gasteiger partial charge in [-0.2, -0.15) is 0 Å². The Kier molecular flexibility index (Phi) is 6.00. The van der Waals surface area contributed by atoms with Crippen LogP contribution in [0.1, 0.15) is 52.2 Å². The van der Waals surface area contributed by atoms with Crippen molar-refractivity contribution >= 4 is 12.0 Å². The molecule has 0 saturated heterocycles. The molecule has 0 fully saturated rings. The lowest BCUT2D eigenvalue weighted by Gasteiger charge is -2.27. The molecule has 110 valence electrons. The topological polar surface area (TPSA) is 26.3 Å². The van der Waals surface area contributed by atoms with E-state index in [0.717, 1.165) is 12.0 Å². The van der Waals surface area contributed by atoms with Gasteiger partial charge in [-0.1, -0.05) is 52.0 Å². The maximum absolute atomic E-state index is 11.3. The number of esters is 1. The number of hydrogen-bond acceptors (Lipinski definition) is 2. The van der Waals surface area contributed by atoms with Crippen molar-refractivity contribution in [2.24, 2.45) is 5.92 Å². The van der Waals surface area contributed by atoms with Crippen molar-refractivity contribution in [3.05, 3.63) is 41.5 Å². The molecule has 0 N–H and O–H groups in total. The molecule has 0 unspecified atom stereocenters. The van der Waals surface area contributed by atoms with Gasteiger partial charge in [0.1, 0.15) is 0 Å². The van der Waals surface area contributed by atoms with Crippen molar-refractivity contribution in [1.82, 2.24) is 0 Å².